The lowest BCUT2D eigenvalue weighted by molar-refractivity contribution is 0.0993. The minimum Gasteiger partial charge on any atom is -0.497 e. The molecule has 2 aromatic rings. The van der Waals surface area contributed by atoms with Crippen LogP contribution < -0.4 is 4.74 Å². The molecule has 0 N–H and O–H groups in total. The fourth-order valence-electron chi connectivity index (χ4n) is 2.78. The van der Waals surface area contributed by atoms with Gasteiger partial charge in [0.1, 0.15) is 5.75 Å². The lowest BCUT2D eigenvalue weighted by Gasteiger charge is -2.26. The molecule has 3 rings (SSSR count). The molecule has 0 amide bonds. The number of rotatable bonds is 5. The normalized spacial score (nSPS) is 14.5. The van der Waals surface area contributed by atoms with Gasteiger partial charge in [-0.25, -0.2) is 0 Å². The van der Waals surface area contributed by atoms with E-state index >= 15 is 0 Å². The maximum Gasteiger partial charge on any atom is 0.167 e. The quantitative estimate of drug-likeness (QED) is 0.759. The van der Waals surface area contributed by atoms with Crippen molar-refractivity contribution in [3.05, 3.63) is 65.2 Å². The van der Waals surface area contributed by atoms with Gasteiger partial charge in [0.25, 0.3) is 0 Å². The van der Waals surface area contributed by atoms with E-state index in [1.54, 1.807) is 7.11 Å². The van der Waals surface area contributed by atoms with Crippen LogP contribution in [0.25, 0.3) is 0 Å². The van der Waals surface area contributed by atoms with E-state index < -0.39 is 0 Å². The van der Waals surface area contributed by atoms with Gasteiger partial charge in [-0.3, -0.25) is 4.79 Å². The second-order valence-corrected chi connectivity index (χ2v) is 5.70. The molecule has 108 valence electrons. The van der Waals surface area contributed by atoms with Gasteiger partial charge in [0.2, 0.25) is 0 Å². The van der Waals surface area contributed by atoms with E-state index in [4.69, 9.17) is 4.74 Å². The van der Waals surface area contributed by atoms with Gasteiger partial charge >= 0.3 is 0 Å². The molecule has 2 nitrogen and oxygen atoms in total. The molecule has 1 fully saturated rings. The Morgan fingerprint density at radius 1 is 1.14 bits per heavy atom. The molecule has 0 aliphatic heterocycles. The van der Waals surface area contributed by atoms with Crippen LogP contribution in [0.4, 0.5) is 0 Å². The number of benzene rings is 2. The maximum atomic E-state index is 12.5. The average molecular weight is 280 g/mol. The minimum absolute atomic E-state index is 0.171. The van der Waals surface area contributed by atoms with Crippen LogP contribution in [-0.2, 0) is 6.42 Å². The van der Waals surface area contributed by atoms with Crippen LogP contribution >= 0.6 is 0 Å². The van der Waals surface area contributed by atoms with Crippen LogP contribution in [0.15, 0.2) is 48.5 Å². The lowest BCUT2D eigenvalue weighted by atomic mass is 9.79. The van der Waals surface area contributed by atoms with Crippen molar-refractivity contribution in [1.29, 1.82) is 0 Å². The molecule has 1 saturated carbocycles. The summed E-state index contributed by atoms with van der Waals surface area (Å²) in [4.78, 5) is 12.5. The molecule has 0 radical (unpaired) electrons. The van der Waals surface area contributed by atoms with Gasteiger partial charge in [-0.2, -0.15) is 0 Å². The summed E-state index contributed by atoms with van der Waals surface area (Å²) in [5, 5.41) is 0. The topological polar surface area (TPSA) is 26.3 Å². The molecule has 0 aromatic heterocycles. The number of hydrogen-bond acceptors (Lipinski definition) is 2. The van der Waals surface area contributed by atoms with E-state index in [2.05, 4.69) is 12.1 Å². The molecule has 0 bridgehead atoms. The lowest BCUT2D eigenvalue weighted by Crippen LogP contribution is -2.10. The highest BCUT2D eigenvalue weighted by Gasteiger charge is 2.20. The summed E-state index contributed by atoms with van der Waals surface area (Å²) in [6.45, 7) is 0. The smallest absolute Gasteiger partial charge is 0.167 e. The first-order chi connectivity index (χ1) is 10.3. The summed E-state index contributed by atoms with van der Waals surface area (Å²) in [7, 11) is 1.64. The van der Waals surface area contributed by atoms with Crippen molar-refractivity contribution >= 4 is 5.78 Å². The number of carbonyl (C=O) groups excluding carboxylic acids is 1. The van der Waals surface area contributed by atoms with Crippen LogP contribution in [0.2, 0.25) is 0 Å². The Morgan fingerprint density at radius 2 is 1.95 bits per heavy atom. The second-order valence-electron chi connectivity index (χ2n) is 5.70. The zero-order chi connectivity index (χ0) is 14.7. The summed E-state index contributed by atoms with van der Waals surface area (Å²) >= 11 is 0. The standard InChI is InChI=1S/C19H20O2/c1-21-18-10-2-5-14(11-18)12-19(20)17-9-4-8-16(13-17)15-6-3-7-15/h2,4-5,8-11,13,15H,3,6-7,12H2,1H3. The van der Waals surface area contributed by atoms with Gasteiger partial charge in [0.15, 0.2) is 5.78 Å². The Bertz CT molecular complexity index is 642. The van der Waals surface area contributed by atoms with E-state index in [0.29, 0.717) is 12.3 Å². The molecule has 0 heterocycles. The predicted molar refractivity (Wildman–Crippen MR) is 84.1 cm³/mol. The van der Waals surface area contributed by atoms with Gasteiger partial charge < -0.3 is 4.74 Å². The number of ketones is 1. The number of carbonyl (C=O) groups is 1. The Labute approximate surface area is 125 Å². The summed E-state index contributed by atoms with van der Waals surface area (Å²) in [5.41, 5.74) is 3.13. The molecule has 1 aliphatic rings. The van der Waals surface area contributed by atoms with E-state index in [0.717, 1.165) is 16.9 Å². The molecule has 2 heteroatoms. The molecule has 1 aliphatic carbocycles. The highest BCUT2D eigenvalue weighted by atomic mass is 16.5. The minimum atomic E-state index is 0.171. The largest absolute Gasteiger partial charge is 0.497 e. The number of Topliss-reactive ketones (excluding diaryl/α,β-unsaturated/α-hetero) is 1. The number of hydrogen-bond donors (Lipinski definition) is 0. The number of methoxy groups -OCH3 is 1. The van der Waals surface area contributed by atoms with Crippen LogP contribution in [0, 0.1) is 0 Å². The third kappa shape index (κ3) is 3.15. The summed E-state index contributed by atoms with van der Waals surface area (Å²) < 4.78 is 5.20. The zero-order valence-electron chi connectivity index (χ0n) is 12.3. The fraction of sp³-hybridized carbons (Fsp3) is 0.316. The van der Waals surface area contributed by atoms with Gasteiger partial charge in [-0.1, -0.05) is 36.8 Å². The van der Waals surface area contributed by atoms with Crippen molar-refractivity contribution in [3.8, 4) is 5.75 Å². The predicted octanol–water partition coefficient (Wildman–Crippen LogP) is 4.39. The first kappa shape index (κ1) is 13.9. The molecule has 21 heavy (non-hydrogen) atoms. The third-order valence-corrected chi connectivity index (χ3v) is 4.28. The van der Waals surface area contributed by atoms with Crippen LogP contribution in [0.5, 0.6) is 5.75 Å². The van der Waals surface area contributed by atoms with Crippen molar-refractivity contribution in [2.45, 2.75) is 31.6 Å². The van der Waals surface area contributed by atoms with Crippen LogP contribution in [-0.4, -0.2) is 12.9 Å². The molecule has 0 unspecified atom stereocenters. The second kappa shape index (κ2) is 6.13. The molecule has 0 spiro atoms. The highest BCUT2D eigenvalue weighted by Crippen LogP contribution is 2.36. The Hall–Kier alpha value is -2.09. The van der Waals surface area contributed by atoms with E-state index in [9.17, 15) is 4.79 Å². The molecular weight excluding hydrogens is 260 g/mol. The van der Waals surface area contributed by atoms with Gasteiger partial charge in [-0.05, 0) is 48.1 Å². The van der Waals surface area contributed by atoms with Gasteiger partial charge in [0, 0.05) is 12.0 Å². The van der Waals surface area contributed by atoms with Crippen LogP contribution in [0.3, 0.4) is 0 Å². The van der Waals surface area contributed by atoms with Crippen molar-refractivity contribution in [1.82, 2.24) is 0 Å². The molecule has 0 saturated heterocycles. The third-order valence-electron chi connectivity index (χ3n) is 4.28. The van der Waals surface area contributed by atoms with E-state index in [1.807, 2.05) is 36.4 Å². The Balaban J connectivity index is 1.75. The number of ether oxygens (including phenoxy) is 1. The summed E-state index contributed by atoms with van der Waals surface area (Å²) in [6.07, 6.45) is 4.25. The summed E-state index contributed by atoms with van der Waals surface area (Å²) in [6, 6.07) is 15.9. The van der Waals surface area contributed by atoms with Crippen molar-refractivity contribution in [2.75, 3.05) is 7.11 Å². The first-order valence-electron chi connectivity index (χ1n) is 7.52. The SMILES string of the molecule is COc1cccc(CC(=O)c2cccc(C3CCC3)c2)c1. The average Bonchev–Trinajstić information content (AvgIpc) is 2.46. The fourth-order valence-corrected chi connectivity index (χ4v) is 2.78. The van der Waals surface area contributed by atoms with Crippen molar-refractivity contribution < 1.29 is 9.53 Å². The van der Waals surface area contributed by atoms with Gasteiger partial charge in [0.05, 0.1) is 7.11 Å². The summed E-state index contributed by atoms with van der Waals surface area (Å²) in [5.74, 6) is 1.63. The van der Waals surface area contributed by atoms with Crippen LogP contribution in [0.1, 0.15) is 46.7 Å². The monoisotopic (exact) mass is 280 g/mol. The molecule has 2 aromatic carbocycles. The molecule has 0 atom stereocenters. The Kier molecular flexibility index (Phi) is 4.05. The first-order valence-corrected chi connectivity index (χ1v) is 7.52. The van der Waals surface area contributed by atoms with E-state index in [1.165, 1.54) is 24.8 Å². The zero-order valence-corrected chi connectivity index (χ0v) is 12.3. The molecular formula is C19H20O2. The highest BCUT2D eigenvalue weighted by molar-refractivity contribution is 5.97. The van der Waals surface area contributed by atoms with Crippen molar-refractivity contribution in [3.63, 3.8) is 0 Å². The van der Waals surface area contributed by atoms with Gasteiger partial charge in [-0.15, -0.1) is 0 Å². The maximum absolute atomic E-state index is 12.5. The Morgan fingerprint density at radius 3 is 2.67 bits per heavy atom. The van der Waals surface area contributed by atoms with Crippen molar-refractivity contribution in [2.24, 2.45) is 0 Å². The van der Waals surface area contributed by atoms with E-state index in [-0.39, 0.29) is 5.78 Å².